The molecule has 2 aromatic carbocycles. The molecule has 3 aliphatic rings. The molecule has 0 spiro atoms. The number of nitrogens with one attached hydrogen (secondary N) is 2. The van der Waals surface area contributed by atoms with Crippen LogP contribution in [-0.2, 0) is 0 Å². The highest BCUT2D eigenvalue weighted by Crippen LogP contribution is 2.52. The molecule has 34 heavy (non-hydrogen) atoms. The van der Waals surface area contributed by atoms with Gasteiger partial charge in [-0.1, -0.05) is 43.9 Å². The predicted molar refractivity (Wildman–Crippen MR) is 134 cm³/mol. The number of nitriles is 1. The van der Waals surface area contributed by atoms with Gasteiger partial charge in [-0.2, -0.15) is 5.26 Å². The second-order valence-corrected chi connectivity index (χ2v) is 9.75. The van der Waals surface area contributed by atoms with E-state index >= 15 is 0 Å². The molecule has 6 heteroatoms. The summed E-state index contributed by atoms with van der Waals surface area (Å²) in [6.45, 7) is 2.61. The van der Waals surface area contributed by atoms with E-state index in [0.717, 1.165) is 53.9 Å². The Hall–Kier alpha value is -3.20. The van der Waals surface area contributed by atoms with Crippen molar-refractivity contribution >= 4 is 17.4 Å². The molecule has 178 valence electrons. The van der Waals surface area contributed by atoms with Crippen LogP contribution in [0.25, 0.3) is 0 Å². The number of carbonyl (C=O) groups excluding carboxylic acids is 1. The zero-order chi connectivity index (χ0) is 23.5. The number of carbonyl (C=O) groups is 1. The summed E-state index contributed by atoms with van der Waals surface area (Å²) in [5.74, 6) is 0.616. The van der Waals surface area contributed by atoms with Crippen LogP contribution >= 0.6 is 0 Å². The van der Waals surface area contributed by atoms with E-state index in [-0.39, 0.29) is 24.0 Å². The van der Waals surface area contributed by atoms with Crippen molar-refractivity contribution in [2.75, 3.05) is 16.8 Å². The van der Waals surface area contributed by atoms with Gasteiger partial charge in [-0.15, -0.1) is 0 Å². The number of amides is 2. The van der Waals surface area contributed by atoms with Gasteiger partial charge in [0.05, 0.1) is 24.6 Å². The van der Waals surface area contributed by atoms with Crippen molar-refractivity contribution < 1.29 is 9.53 Å². The lowest BCUT2D eigenvalue weighted by atomic mass is 9.91. The summed E-state index contributed by atoms with van der Waals surface area (Å²) in [5, 5.41) is 16.3. The van der Waals surface area contributed by atoms with Crippen LogP contribution in [0.15, 0.2) is 42.5 Å². The molecule has 0 radical (unpaired) electrons. The fourth-order valence-electron chi connectivity index (χ4n) is 6.03. The summed E-state index contributed by atoms with van der Waals surface area (Å²) in [7, 11) is 0. The number of urea groups is 1. The molecule has 1 heterocycles. The smallest absolute Gasteiger partial charge is 0.319 e. The standard InChI is InChI=1S/C28H34N4O2/c1-2-34-23-15-16-24-25(18-29)27(32(26(24)17-23)22-9-5-6-10-22)19-11-13-21(14-12-19)31-28(33)30-20-7-3-4-8-20/h11-17,20,22,25,27H,2-10H2,1H3,(H2,30,31,33). The van der Waals surface area contributed by atoms with Crippen LogP contribution in [0.2, 0.25) is 0 Å². The third-order valence-corrected chi connectivity index (χ3v) is 7.60. The molecule has 2 unspecified atom stereocenters. The van der Waals surface area contributed by atoms with Crippen LogP contribution in [0, 0.1) is 11.3 Å². The Morgan fingerprint density at radius 2 is 1.76 bits per heavy atom. The Bertz CT molecular complexity index is 1050. The molecule has 5 rings (SSSR count). The van der Waals surface area contributed by atoms with E-state index in [1.807, 2.05) is 25.1 Å². The van der Waals surface area contributed by atoms with E-state index in [0.29, 0.717) is 12.6 Å². The molecular weight excluding hydrogens is 424 g/mol. The van der Waals surface area contributed by atoms with E-state index in [4.69, 9.17) is 4.74 Å². The summed E-state index contributed by atoms with van der Waals surface area (Å²) in [6.07, 6.45) is 9.25. The van der Waals surface area contributed by atoms with Gasteiger partial charge in [-0.3, -0.25) is 0 Å². The van der Waals surface area contributed by atoms with Crippen molar-refractivity contribution in [1.29, 1.82) is 5.26 Å². The second kappa shape index (κ2) is 9.97. The SMILES string of the molecule is CCOc1ccc2c(c1)N(C1CCCC1)C(c1ccc(NC(=O)NC3CCCC3)cc1)C2C#N. The van der Waals surface area contributed by atoms with Crippen molar-refractivity contribution in [2.24, 2.45) is 0 Å². The van der Waals surface area contributed by atoms with Crippen LogP contribution in [0.1, 0.15) is 81.4 Å². The summed E-state index contributed by atoms with van der Waals surface area (Å²) in [5.41, 5.74) is 4.09. The van der Waals surface area contributed by atoms with Crippen LogP contribution < -0.4 is 20.3 Å². The zero-order valence-electron chi connectivity index (χ0n) is 19.9. The molecule has 1 aliphatic heterocycles. The van der Waals surface area contributed by atoms with E-state index in [9.17, 15) is 10.1 Å². The third-order valence-electron chi connectivity index (χ3n) is 7.60. The number of hydrogen-bond donors (Lipinski definition) is 2. The number of ether oxygens (including phenoxy) is 1. The van der Waals surface area contributed by atoms with Crippen molar-refractivity contribution in [1.82, 2.24) is 5.32 Å². The second-order valence-electron chi connectivity index (χ2n) is 9.75. The lowest BCUT2D eigenvalue weighted by Crippen LogP contribution is -2.36. The van der Waals surface area contributed by atoms with Gasteiger partial charge < -0.3 is 20.3 Å². The van der Waals surface area contributed by atoms with E-state index in [1.165, 1.54) is 25.7 Å². The monoisotopic (exact) mass is 458 g/mol. The summed E-state index contributed by atoms with van der Waals surface area (Å²) in [4.78, 5) is 14.9. The average Bonchev–Trinajstić information content (AvgIpc) is 3.60. The molecule has 2 aliphatic carbocycles. The first-order chi connectivity index (χ1) is 16.7. The summed E-state index contributed by atoms with van der Waals surface area (Å²) >= 11 is 0. The zero-order valence-corrected chi connectivity index (χ0v) is 19.9. The highest BCUT2D eigenvalue weighted by Gasteiger charge is 2.43. The Morgan fingerprint density at radius 1 is 1.06 bits per heavy atom. The van der Waals surface area contributed by atoms with E-state index in [2.05, 4.69) is 45.9 Å². The molecule has 2 amide bonds. The van der Waals surface area contributed by atoms with Crippen LogP contribution in [-0.4, -0.2) is 24.7 Å². The van der Waals surface area contributed by atoms with Crippen LogP contribution in [0.3, 0.4) is 0 Å². The molecular formula is C28H34N4O2. The number of rotatable bonds is 6. The first kappa shape index (κ1) is 22.6. The fraction of sp³-hybridized carbons (Fsp3) is 0.500. The summed E-state index contributed by atoms with van der Waals surface area (Å²) < 4.78 is 5.80. The normalized spacial score (nSPS) is 22.4. The topological polar surface area (TPSA) is 77.4 Å². The Balaban J connectivity index is 1.40. The minimum atomic E-state index is -0.240. The molecule has 2 aromatic rings. The van der Waals surface area contributed by atoms with Gasteiger partial charge in [-0.05, 0) is 61.9 Å². The molecule has 2 fully saturated rings. The molecule has 0 bridgehead atoms. The molecule has 2 saturated carbocycles. The Labute approximate surface area is 202 Å². The quantitative estimate of drug-likeness (QED) is 0.535. The van der Waals surface area contributed by atoms with Crippen molar-refractivity contribution in [2.45, 2.75) is 82.3 Å². The van der Waals surface area contributed by atoms with Gasteiger partial charge in [0, 0.05) is 29.5 Å². The minimum Gasteiger partial charge on any atom is -0.494 e. The highest BCUT2D eigenvalue weighted by molar-refractivity contribution is 5.89. The molecule has 0 saturated heterocycles. The van der Waals surface area contributed by atoms with Gasteiger partial charge in [0.1, 0.15) is 5.75 Å². The van der Waals surface area contributed by atoms with Gasteiger partial charge in [-0.25, -0.2) is 4.79 Å². The van der Waals surface area contributed by atoms with Gasteiger partial charge in [0.25, 0.3) is 0 Å². The number of anilines is 2. The van der Waals surface area contributed by atoms with Gasteiger partial charge in [0.2, 0.25) is 0 Å². The van der Waals surface area contributed by atoms with Crippen LogP contribution in [0.5, 0.6) is 5.75 Å². The lowest BCUT2D eigenvalue weighted by Gasteiger charge is -2.34. The number of benzene rings is 2. The Morgan fingerprint density at radius 3 is 2.44 bits per heavy atom. The minimum absolute atomic E-state index is 0.0404. The van der Waals surface area contributed by atoms with Crippen LogP contribution in [0.4, 0.5) is 16.2 Å². The highest BCUT2D eigenvalue weighted by atomic mass is 16.5. The molecule has 2 N–H and O–H groups in total. The Kier molecular flexibility index (Phi) is 6.62. The lowest BCUT2D eigenvalue weighted by molar-refractivity contribution is 0.248. The maximum Gasteiger partial charge on any atom is 0.319 e. The fourth-order valence-corrected chi connectivity index (χ4v) is 6.03. The largest absolute Gasteiger partial charge is 0.494 e. The average molecular weight is 459 g/mol. The third kappa shape index (κ3) is 4.44. The van der Waals surface area contributed by atoms with Gasteiger partial charge in [0.15, 0.2) is 0 Å². The van der Waals surface area contributed by atoms with Crippen molar-refractivity contribution in [3.05, 3.63) is 53.6 Å². The molecule has 6 nitrogen and oxygen atoms in total. The van der Waals surface area contributed by atoms with Crippen molar-refractivity contribution in [3.63, 3.8) is 0 Å². The maximum absolute atomic E-state index is 12.4. The van der Waals surface area contributed by atoms with Gasteiger partial charge >= 0.3 is 6.03 Å². The first-order valence-corrected chi connectivity index (χ1v) is 12.8. The number of nitrogens with zero attached hydrogens (tertiary/aromatic N) is 2. The number of fused-ring (bicyclic) bond motifs is 1. The summed E-state index contributed by atoms with van der Waals surface area (Å²) in [6, 6.07) is 17.3. The number of hydrogen-bond acceptors (Lipinski definition) is 4. The molecule has 2 atom stereocenters. The first-order valence-electron chi connectivity index (χ1n) is 12.8. The molecule has 0 aromatic heterocycles. The maximum atomic E-state index is 12.4. The van der Waals surface area contributed by atoms with E-state index in [1.54, 1.807) is 0 Å². The predicted octanol–water partition coefficient (Wildman–Crippen LogP) is 6.26. The van der Waals surface area contributed by atoms with E-state index < -0.39 is 0 Å². The van der Waals surface area contributed by atoms with Crippen molar-refractivity contribution in [3.8, 4) is 11.8 Å².